The normalized spacial score (nSPS) is 22.2. The Morgan fingerprint density at radius 1 is 1.25 bits per heavy atom. The maximum absolute atomic E-state index is 13.7. The Hall–Kier alpha value is -1.98. The molecule has 6 heteroatoms. The van der Waals surface area contributed by atoms with Crippen LogP contribution in [0.2, 0.25) is 0 Å². The highest BCUT2D eigenvalue weighted by atomic mass is 19.1. The molecule has 1 aliphatic heterocycles. The van der Waals surface area contributed by atoms with Gasteiger partial charge in [-0.3, -0.25) is 9.59 Å². The van der Waals surface area contributed by atoms with Crippen LogP contribution in [0.3, 0.4) is 0 Å². The standard InChI is InChI=1S/C14H14F2N2O2/c15-8-1-4-11(16)12(7-8)18-6-5-10(14(18)20)13(19)17-9-2-3-9/h1,4,7,9-10H,2-3,5-6H2,(H,17,19). The molecule has 4 nitrogen and oxygen atoms in total. The third-order valence-corrected chi connectivity index (χ3v) is 3.64. The molecular formula is C14H14F2N2O2. The van der Waals surface area contributed by atoms with E-state index in [1.807, 2.05) is 0 Å². The van der Waals surface area contributed by atoms with E-state index in [4.69, 9.17) is 0 Å². The monoisotopic (exact) mass is 280 g/mol. The van der Waals surface area contributed by atoms with Crippen LogP contribution in [0.1, 0.15) is 19.3 Å². The molecule has 0 spiro atoms. The molecule has 1 aliphatic carbocycles. The molecule has 0 radical (unpaired) electrons. The lowest BCUT2D eigenvalue weighted by atomic mass is 10.1. The van der Waals surface area contributed by atoms with E-state index in [-0.39, 0.29) is 24.2 Å². The first-order valence-electron chi connectivity index (χ1n) is 6.63. The van der Waals surface area contributed by atoms with Crippen molar-refractivity contribution in [1.29, 1.82) is 0 Å². The summed E-state index contributed by atoms with van der Waals surface area (Å²) in [5.41, 5.74) is -0.100. The van der Waals surface area contributed by atoms with Crippen LogP contribution in [0.5, 0.6) is 0 Å². The Morgan fingerprint density at radius 2 is 2.00 bits per heavy atom. The summed E-state index contributed by atoms with van der Waals surface area (Å²) in [6.45, 7) is 0.224. The van der Waals surface area contributed by atoms with E-state index < -0.39 is 23.5 Å². The molecule has 2 aliphatic rings. The first kappa shape index (κ1) is 13.0. The average Bonchev–Trinajstić information content (AvgIpc) is 3.13. The Kier molecular flexibility index (Phi) is 3.16. The third-order valence-electron chi connectivity index (χ3n) is 3.64. The number of amides is 2. The molecule has 0 aromatic heterocycles. The van der Waals surface area contributed by atoms with Crippen molar-refractivity contribution in [2.45, 2.75) is 25.3 Å². The third kappa shape index (κ3) is 2.37. The fourth-order valence-electron chi connectivity index (χ4n) is 2.38. The minimum Gasteiger partial charge on any atom is -0.353 e. The molecule has 1 N–H and O–H groups in total. The average molecular weight is 280 g/mol. The predicted octanol–water partition coefficient (Wildman–Crippen LogP) is 1.60. The molecule has 1 aromatic rings. The van der Waals surface area contributed by atoms with Gasteiger partial charge < -0.3 is 10.2 Å². The molecule has 1 atom stereocenters. The number of carbonyl (C=O) groups is 2. The second-order valence-electron chi connectivity index (χ2n) is 5.21. The van der Waals surface area contributed by atoms with E-state index in [1.165, 1.54) is 0 Å². The van der Waals surface area contributed by atoms with Gasteiger partial charge in [0.15, 0.2) is 0 Å². The second-order valence-corrected chi connectivity index (χ2v) is 5.21. The minimum atomic E-state index is -0.793. The topological polar surface area (TPSA) is 49.4 Å². The highest BCUT2D eigenvalue weighted by Crippen LogP contribution is 2.29. The van der Waals surface area contributed by atoms with Crippen molar-refractivity contribution >= 4 is 17.5 Å². The smallest absolute Gasteiger partial charge is 0.239 e. The molecule has 20 heavy (non-hydrogen) atoms. The number of anilines is 1. The first-order chi connectivity index (χ1) is 9.56. The van der Waals surface area contributed by atoms with Crippen LogP contribution in [0.4, 0.5) is 14.5 Å². The van der Waals surface area contributed by atoms with Gasteiger partial charge in [-0.2, -0.15) is 0 Å². The van der Waals surface area contributed by atoms with Crippen LogP contribution in [0.15, 0.2) is 18.2 Å². The number of halogens is 2. The van der Waals surface area contributed by atoms with Gasteiger partial charge in [0, 0.05) is 18.7 Å². The molecule has 2 amide bonds. The molecule has 0 bridgehead atoms. The molecule has 1 heterocycles. The quantitative estimate of drug-likeness (QED) is 0.855. The fourth-order valence-corrected chi connectivity index (χ4v) is 2.38. The molecular weight excluding hydrogens is 266 g/mol. The maximum atomic E-state index is 13.7. The van der Waals surface area contributed by atoms with Crippen LogP contribution in [0.25, 0.3) is 0 Å². The Labute approximate surface area is 114 Å². The summed E-state index contributed by atoms with van der Waals surface area (Å²) in [7, 11) is 0. The van der Waals surface area contributed by atoms with Crippen LogP contribution >= 0.6 is 0 Å². The summed E-state index contributed by atoms with van der Waals surface area (Å²) in [5, 5.41) is 2.77. The van der Waals surface area contributed by atoms with Gasteiger partial charge in [0.2, 0.25) is 11.8 Å². The highest BCUT2D eigenvalue weighted by Gasteiger charge is 2.40. The summed E-state index contributed by atoms with van der Waals surface area (Å²) in [5.74, 6) is -2.84. The summed E-state index contributed by atoms with van der Waals surface area (Å²) >= 11 is 0. The molecule has 2 fully saturated rings. The van der Waals surface area contributed by atoms with Gasteiger partial charge in [-0.25, -0.2) is 8.78 Å². The fraction of sp³-hybridized carbons (Fsp3) is 0.429. The van der Waals surface area contributed by atoms with Crippen LogP contribution < -0.4 is 10.2 Å². The zero-order valence-corrected chi connectivity index (χ0v) is 10.7. The first-order valence-corrected chi connectivity index (χ1v) is 6.63. The number of hydrogen-bond acceptors (Lipinski definition) is 2. The molecule has 1 unspecified atom stereocenters. The maximum Gasteiger partial charge on any atom is 0.239 e. The van der Waals surface area contributed by atoms with Crippen molar-refractivity contribution in [3.63, 3.8) is 0 Å². The van der Waals surface area contributed by atoms with Gasteiger partial charge in [-0.1, -0.05) is 0 Å². The lowest BCUT2D eigenvalue weighted by Crippen LogP contribution is -2.38. The van der Waals surface area contributed by atoms with E-state index in [1.54, 1.807) is 0 Å². The van der Waals surface area contributed by atoms with Crippen LogP contribution in [-0.2, 0) is 9.59 Å². The van der Waals surface area contributed by atoms with Crippen LogP contribution in [0, 0.1) is 17.6 Å². The van der Waals surface area contributed by atoms with E-state index in [0.29, 0.717) is 6.42 Å². The van der Waals surface area contributed by atoms with E-state index >= 15 is 0 Å². The number of nitrogens with one attached hydrogen (secondary N) is 1. The summed E-state index contributed by atoms with van der Waals surface area (Å²) in [4.78, 5) is 25.2. The minimum absolute atomic E-state index is 0.100. The van der Waals surface area contributed by atoms with Gasteiger partial charge in [0.1, 0.15) is 17.6 Å². The van der Waals surface area contributed by atoms with Gasteiger partial charge in [0.05, 0.1) is 5.69 Å². The number of rotatable bonds is 3. The molecule has 106 valence electrons. The van der Waals surface area contributed by atoms with Crippen molar-refractivity contribution in [2.75, 3.05) is 11.4 Å². The number of nitrogens with zero attached hydrogens (tertiary/aromatic N) is 1. The summed E-state index contributed by atoms with van der Waals surface area (Å²) in [6, 6.07) is 3.14. The Balaban J connectivity index is 1.77. The van der Waals surface area contributed by atoms with Crippen molar-refractivity contribution in [1.82, 2.24) is 5.32 Å². The number of hydrogen-bond donors (Lipinski definition) is 1. The molecule has 1 aromatic carbocycles. The lowest BCUT2D eigenvalue weighted by Gasteiger charge is -2.17. The largest absolute Gasteiger partial charge is 0.353 e. The molecule has 1 saturated carbocycles. The van der Waals surface area contributed by atoms with Crippen molar-refractivity contribution < 1.29 is 18.4 Å². The van der Waals surface area contributed by atoms with Crippen LogP contribution in [-0.4, -0.2) is 24.4 Å². The van der Waals surface area contributed by atoms with E-state index in [2.05, 4.69) is 5.32 Å². The van der Waals surface area contributed by atoms with Crippen molar-refractivity contribution in [3.8, 4) is 0 Å². The summed E-state index contributed by atoms with van der Waals surface area (Å²) < 4.78 is 26.9. The predicted molar refractivity (Wildman–Crippen MR) is 68.0 cm³/mol. The van der Waals surface area contributed by atoms with E-state index in [9.17, 15) is 18.4 Å². The zero-order valence-electron chi connectivity index (χ0n) is 10.7. The van der Waals surface area contributed by atoms with Gasteiger partial charge >= 0.3 is 0 Å². The summed E-state index contributed by atoms with van der Waals surface area (Å²) in [6.07, 6.45) is 2.21. The molecule has 1 saturated heterocycles. The highest BCUT2D eigenvalue weighted by molar-refractivity contribution is 6.09. The Morgan fingerprint density at radius 3 is 2.70 bits per heavy atom. The molecule has 3 rings (SSSR count). The SMILES string of the molecule is O=C(NC1CC1)C1CCN(c2cc(F)ccc2F)C1=O. The number of benzene rings is 1. The second kappa shape index (κ2) is 4.85. The van der Waals surface area contributed by atoms with Gasteiger partial charge in [-0.05, 0) is 31.4 Å². The lowest BCUT2D eigenvalue weighted by molar-refractivity contribution is -0.132. The van der Waals surface area contributed by atoms with Crippen molar-refractivity contribution in [2.24, 2.45) is 5.92 Å². The zero-order chi connectivity index (χ0) is 14.3. The number of carbonyl (C=O) groups excluding carboxylic acids is 2. The van der Waals surface area contributed by atoms with Gasteiger partial charge in [0.25, 0.3) is 0 Å². The van der Waals surface area contributed by atoms with E-state index in [0.717, 1.165) is 35.9 Å². The van der Waals surface area contributed by atoms with Gasteiger partial charge in [-0.15, -0.1) is 0 Å². The Bertz CT molecular complexity index is 572. The van der Waals surface area contributed by atoms with Crippen molar-refractivity contribution in [3.05, 3.63) is 29.8 Å².